The summed E-state index contributed by atoms with van der Waals surface area (Å²) in [6, 6.07) is 10.2. The molecule has 0 spiro atoms. The number of allylic oxidation sites excluding steroid dienone is 2. The van der Waals surface area contributed by atoms with Crippen LogP contribution in [0.5, 0.6) is 0 Å². The Morgan fingerprint density at radius 1 is 0.344 bits per heavy atom. The van der Waals surface area contributed by atoms with Crippen molar-refractivity contribution in [2.24, 2.45) is 0 Å². The van der Waals surface area contributed by atoms with E-state index in [9.17, 15) is 5.53 Å². The molecule has 0 saturated carbocycles. The van der Waals surface area contributed by atoms with Gasteiger partial charge in [0.05, 0.1) is 0 Å². The summed E-state index contributed by atoms with van der Waals surface area (Å²) < 4.78 is 1.73. The minimum atomic E-state index is 1.03. The first-order chi connectivity index (χ1) is 29.8. The van der Waals surface area contributed by atoms with Crippen LogP contribution in [-0.2, 0) is 53.0 Å². The van der Waals surface area contributed by atoms with Crippen molar-refractivity contribution in [3.05, 3.63) is 85.5 Å². The molecule has 0 N–H and O–H groups in total. The number of hydrogen-bond donors (Lipinski definition) is 0. The molecule has 1 heterocycles. The van der Waals surface area contributed by atoms with E-state index in [1.165, 1.54) is 161 Å². The van der Waals surface area contributed by atoms with Crippen molar-refractivity contribution < 1.29 is 19.1 Å². The van der Waals surface area contributed by atoms with Crippen LogP contribution >= 0.6 is 0 Å². The van der Waals surface area contributed by atoms with Crippen LogP contribution in [0.15, 0.2) is 35.4 Å². The van der Waals surface area contributed by atoms with E-state index in [1.807, 2.05) is 14.4 Å². The molecule has 3 heteroatoms. The van der Waals surface area contributed by atoms with Gasteiger partial charge in [-0.1, -0.05) is 145 Å². The molecule has 0 bridgehead atoms. The number of benzene rings is 2. The summed E-state index contributed by atoms with van der Waals surface area (Å²) in [5, 5.41) is 2.56. The topological polar surface area (TPSA) is 25.3 Å². The van der Waals surface area contributed by atoms with E-state index in [-0.39, 0.29) is 0 Å². The van der Waals surface area contributed by atoms with E-state index in [0.29, 0.717) is 0 Å². The fourth-order valence-electron chi connectivity index (χ4n) is 9.42. The average molecular weight is 882 g/mol. The Morgan fingerprint density at radius 3 is 0.836 bits per heavy atom. The third kappa shape index (κ3) is 18.9. The summed E-state index contributed by atoms with van der Waals surface area (Å²) in [5.41, 5.74) is 30.0. The number of nitrogens with zero attached hydrogens (tertiary/aromatic N) is 2. The second-order valence-corrected chi connectivity index (χ2v) is 20.0. The maximum atomic E-state index is 12.9. The summed E-state index contributed by atoms with van der Waals surface area (Å²) >= 11 is 1.82. The van der Waals surface area contributed by atoms with Crippen molar-refractivity contribution in [2.45, 2.75) is 273 Å². The quantitative estimate of drug-likeness (QED) is 0.0380. The molecule has 2 aromatic carbocycles. The molecule has 3 rings (SSSR count). The fourth-order valence-corrected chi connectivity index (χ4v) is 9.91. The minimum absolute atomic E-state index is 1.03. The normalized spacial score (nSPS) is 12.9. The zero-order valence-corrected chi connectivity index (χ0v) is 43.1. The van der Waals surface area contributed by atoms with Crippen molar-refractivity contribution in [1.82, 2.24) is 0 Å². The molecular formula is C58H98N2Ni. The van der Waals surface area contributed by atoms with Crippen LogP contribution in [0.25, 0.3) is 16.9 Å². The molecule has 61 heavy (non-hydrogen) atoms. The van der Waals surface area contributed by atoms with Crippen molar-refractivity contribution in [1.29, 1.82) is 0 Å². The molecule has 0 saturated heterocycles. The molecule has 0 unspecified atom stereocenters. The molecule has 350 valence electrons. The van der Waals surface area contributed by atoms with Gasteiger partial charge < -0.3 is 5.53 Å². The van der Waals surface area contributed by atoms with Crippen LogP contribution in [-0.4, -0.2) is 4.70 Å². The van der Waals surface area contributed by atoms with E-state index in [2.05, 4.69) is 93.5 Å². The Kier molecular flexibility index (Phi) is 31.1. The zero-order valence-electron chi connectivity index (χ0n) is 42.1. The van der Waals surface area contributed by atoms with E-state index in [1.54, 1.807) is 38.1 Å². The van der Waals surface area contributed by atoms with Gasteiger partial charge in [0.2, 0.25) is 11.4 Å². The van der Waals surface area contributed by atoms with Gasteiger partial charge in [-0.25, -0.2) is 4.70 Å². The molecule has 0 aromatic heterocycles. The van der Waals surface area contributed by atoms with E-state index >= 15 is 0 Å². The van der Waals surface area contributed by atoms with Crippen LogP contribution in [0.3, 0.4) is 0 Å². The summed E-state index contributed by atoms with van der Waals surface area (Å²) in [4.78, 5) is 0. The van der Waals surface area contributed by atoms with Gasteiger partial charge in [0.15, 0.2) is 0 Å². The van der Waals surface area contributed by atoms with Crippen LogP contribution in [0.1, 0.15) is 268 Å². The van der Waals surface area contributed by atoms with Gasteiger partial charge in [-0.2, -0.15) is 0 Å². The van der Waals surface area contributed by atoms with Crippen LogP contribution < -0.4 is 0 Å². The van der Waals surface area contributed by atoms with Gasteiger partial charge in [-0.05, 0) is 160 Å². The molecule has 1 aliphatic heterocycles. The Balaban J connectivity index is 0.00000241. The number of aryl methyl sites for hydroxylation is 4. The number of hydrogen-bond acceptors (Lipinski definition) is 0. The van der Waals surface area contributed by atoms with Gasteiger partial charge >= 0.3 is 39.1 Å². The first kappa shape index (κ1) is 55.1. The molecule has 0 aliphatic carbocycles. The first-order valence-corrected chi connectivity index (χ1v) is 28.0. The Labute approximate surface area is 386 Å². The van der Waals surface area contributed by atoms with Crippen LogP contribution in [0.2, 0.25) is 10.8 Å². The third-order valence-electron chi connectivity index (χ3n) is 12.9. The second kappa shape index (κ2) is 34.4. The first-order valence-electron chi connectivity index (χ1n) is 26.6. The second-order valence-electron chi connectivity index (χ2n) is 18.1. The maximum absolute atomic E-state index is 12.9. The Hall–Kier alpha value is -1.99. The van der Waals surface area contributed by atoms with Crippen molar-refractivity contribution in [3.63, 3.8) is 0 Å². The summed E-state index contributed by atoms with van der Waals surface area (Å²) in [6.07, 6.45) is 36.4. The molecule has 0 amide bonds. The van der Waals surface area contributed by atoms with Crippen molar-refractivity contribution >= 4 is 11.4 Å². The number of rotatable bonds is 34. The van der Waals surface area contributed by atoms with Crippen LogP contribution in [0.4, 0.5) is 0 Å². The van der Waals surface area contributed by atoms with Crippen molar-refractivity contribution in [3.8, 4) is 0 Å². The van der Waals surface area contributed by atoms with Gasteiger partial charge in [-0.3, -0.25) is 0 Å². The fraction of sp³-hybridized carbons (Fsp3) is 0.724. The third-order valence-corrected chi connectivity index (χ3v) is 13.9. The summed E-state index contributed by atoms with van der Waals surface area (Å²) in [6.45, 7) is 23.0. The zero-order chi connectivity index (χ0) is 44.7. The average Bonchev–Trinajstić information content (AvgIpc) is 3.54. The predicted molar refractivity (Wildman–Crippen MR) is 270 cm³/mol. The van der Waals surface area contributed by atoms with Gasteiger partial charge in [-0.15, -0.1) is 0 Å². The standard InChI is InChI=1S/C54H88N2.2C2H5.Ni/c1-9-17-25-31-43-39-47(40-44(32-26-18-10-2)49(43)37-29-21-13-5)53-51(35-23-15-7)52(36-24-16-8)54(56(53)55)48-41-45(33-27-19-11-3)50(38-30-22-14-6)46(42-48)34-28-20-12-4;2*1-2;/h39-42H,9-38H2,1-8H3;2*1H2,2H3;. The molecule has 2 nitrogen and oxygen atoms in total. The Morgan fingerprint density at radius 2 is 0.607 bits per heavy atom. The predicted octanol–water partition coefficient (Wildman–Crippen LogP) is 19.6. The summed E-state index contributed by atoms with van der Waals surface area (Å²) in [7, 11) is 0. The molecular weight excluding hydrogens is 783 g/mol. The molecule has 2 aromatic rings. The van der Waals surface area contributed by atoms with E-state index < -0.39 is 0 Å². The van der Waals surface area contributed by atoms with E-state index in [4.69, 9.17) is 0 Å². The van der Waals surface area contributed by atoms with Gasteiger partial charge in [0.1, 0.15) is 0 Å². The van der Waals surface area contributed by atoms with Crippen LogP contribution in [0, 0.1) is 0 Å². The molecule has 0 radical (unpaired) electrons. The van der Waals surface area contributed by atoms with Gasteiger partial charge in [0.25, 0.3) is 0 Å². The monoisotopic (exact) mass is 881 g/mol. The van der Waals surface area contributed by atoms with Gasteiger partial charge in [0, 0.05) is 22.3 Å². The molecule has 0 fully saturated rings. The SMILES string of the molecule is CCCCCc1cc(C2=C(CCCC)C(CCCC)=C(c3cc(CCCCC)c(CCCCC)c(CCCCC)c3)[N+]2=[N-])cc(CCCCC)c1CCCCC.C[CH2][Ni][CH2]C. The van der Waals surface area contributed by atoms with Crippen molar-refractivity contribution in [2.75, 3.05) is 0 Å². The number of unbranched alkanes of at least 4 members (excludes halogenated alkanes) is 14. The van der Waals surface area contributed by atoms with E-state index in [0.717, 1.165) is 75.6 Å². The summed E-state index contributed by atoms with van der Waals surface area (Å²) in [5.74, 6) is 0. The molecule has 0 atom stereocenters. The molecule has 1 aliphatic rings. The Bertz CT molecular complexity index is 1380.